The average molecular weight is 423 g/mol. The maximum Gasteiger partial charge on any atom is 0.338 e. The van der Waals surface area contributed by atoms with Gasteiger partial charge in [0.05, 0.1) is 24.1 Å². The molecule has 6 nitrogen and oxygen atoms in total. The Morgan fingerprint density at radius 3 is 2.50 bits per heavy atom. The molecule has 30 heavy (non-hydrogen) atoms. The van der Waals surface area contributed by atoms with Gasteiger partial charge in [0.25, 0.3) is 0 Å². The van der Waals surface area contributed by atoms with Gasteiger partial charge in [0.15, 0.2) is 0 Å². The molecule has 0 saturated carbocycles. The monoisotopic (exact) mass is 422 g/mol. The summed E-state index contributed by atoms with van der Waals surface area (Å²) in [6.07, 6.45) is 1.45. The third-order valence-electron chi connectivity index (χ3n) is 4.08. The number of carbonyl (C=O) groups is 2. The number of amides is 1. The zero-order chi connectivity index (χ0) is 21.3. The molecule has 3 aromatic rings. The molecule has 0 fully saturated rings. The van der Waals surface area contributed by atoms with Crippen molar-refractivity contribution in [1.82, 2.24) is 5.43 Å². The summed E-state index contributed by atoms with van der Waals surface area (Å²) < 4.78 is 10.7. The van der Waals surface area contributed by atoms with Crippen molar-refractivity contribution in [2.75, 3.05) is 12.4 Å². The average Bonchev–Trinajstić information content (AvgIpc) is 3.22. The first kappa shape index (κ1) is 21.4. The van der Waals surface area contributed by atoms with Crippen molar-refractivity contribution in [3.8, 4) is 11.3 Å². The van der Waals surface area contributed by atoms with E-state index in [1.165, 1.54) is 23.5 Å². The number of thioether (sulfide) groups is 1. The van der Waals surface area contributed by atoms with E-state index in [2.05, 4.69) is 10.5 Å². The van der Waals surface area contributed by atoms with Gasteiger partial charge in [-0.25, -0.2) is 10.2 Å². The van der Waals surface area contributed by atoms with Crippen molar-refractivity contribution >= 4 is 29.9 Å². The van der Waals surface area contributed by atoms with Crippen LogP contribution in [0.25, 0.3) is 11.3 Å². The van der Waals surface area contributed by atoms with Gasteiger partial charge in [-0.3, -0.25) is 4.79 Å². The number of hydrogen-bond acceptors (Lipinski definition) is 6. The lowest BCUT2D eigenvalue weighted by atomic mass is 10.1. The number of esters is 1. The zero-order valence-electron chi connectivity index (χ0n) is 16.8. The van der Waals surface area contributed by atoms with Crippen molar-refractivity contribution in [2.24, 2.45) is 5.10 Å². The summed E-state index contributed by atoms with van der Waals surface area (Å²) in [6.45, 7) is 4.13. The highest BCUT2D eigenvalue weighted by Gasteiger charge is 2.08. The van der Waals surface area contributed by atoms with Gasteiger partial charge in [0.2, 0.25) is 5.91 Å². The standard InChI is InChI=1S/C23H22N2O4S/c1-3-28-23(27)18-8-6-17(7-9-18)21-13-10-19(29-21)14-24-25-22(26)15-30-20-11-4-16(2)5-12-20/h4-14H,3,15H2,1-2H3,(H,25,26). The maximum atomic E-state index is 11.9. The molecule has 0 atom stereocenters. The van der Waals surface area contributed by atoms with Gasteiger partial charge in [-0.1, -0.05) is 29.8 Å². The molecular weight excluding hydrogens is 400 g/mol. The topological polar surface area (TPSA) is 80.9 Å². The van der Waals surface area contributed by atoms with Crippen LogP contribution in [0.5, 0.6) is 0 Å². The molecule has 0 radical (unpaired) electrons. The van der Waals surface area contributed by atoms with Crippen LogP contribution in [0.2, 0.25) is 0 Å². The second-order valence-electron chi connectivity index (χ2n) is 6.39. The highest BCUT2D eigenvalue weighted by atomic mass is 32.2. The van der Waals surface area contributed by atoms with Crippen LogP contribution < -0.4 is 5.43 Å². The molecule has 1 aromatic heterocycles. The van der Waals surface area contributed by atoms with Crippen LogP contribution in [-0.2, 0) is 9.53 Å². The first-order chi connectivity index (χ1) is 14.5. The van der Waals surface area contributed by atoms with E-state index in [4.69, 9.17) is 9.15 Å². The largest absolute Gasteiger partial charge is 0.462 e. The van der Waals surface area contributed by atoms with E-state index in [0.717, 1.165) is 10.5 Å². The summed E-state index contributed by atoms with van der Waals surface area (Å²) in [5, 5.41) is 3.94. The van der Waals surface area contributed by atoms with Crippen LogP contribution in [0.3, 0.4) is 0 Å². The second-order valence-corrected chi connectivity index (χ2v) is 7.44. The Kier molecular flexibility index (Phi) is 7.45. The summed E-state index contributed by atoms with van der Waals surface area (Å²) >= 11 is 1.45. The van der Waals surface area contributed by atoms with E-state index in [9.17, 15) is 9.59 Å². The minimum atomic E-state index is -0.354. The third kappa shape index (κ3) is 6.09. The molecule has 3 rings (SSSR count). The number of hydrogen-bond donors (Lipinski definition) is 1. The van der Waals surface area contributed by atoms with Gasteiger partial charge in [-0.2, -0.15) is 5.10 Å². The van der Waals surface area contributed by atoms with Crippen molar-refractivity contribution in [3.05, 3.63) is 77.6 Å². The van der Waals surface area contributed by atoms with Crippen molar-refractivity contribution < 1.29 is 18.7 Å². The van der Waals surface area contributed by atoms with Crippen LogP contribution in [-0.4, -0.2) is 30.5 Å². The van der Waals surface area contributed by atoms with E-state index < -0.39 is 0 Å². The Bertz CT molecular complexity index is 1020. The number of benzene rings is 2. The highest BCUT2D eigenvalue weighted by Crippen LogP contribution is 2.22. The van der Waals surface area contributed by atoms with Crippen molar-refractivity contribution in [1.29, 1.82) is 0 Å². The normalized spacial score (nSPS) is 10.9. The maximum absolute atomic E-state index is 11.9. The van der Waals surface area contributed by atoms with Gasteiger partial charge >= 0.3 is 5.97 Å². The first-order valence-electron chi connectivity index (χ1n) is 9.44. The molecule has 0 aliphatic rings. The molecule has 2 aromatic carbocycles. The molecular formula is C23H22N2O4S. The molecule has 0 aliphatic carbocycles. The van der Waals surface area contributed by atoms with Gasteiger partial charge in [0, 0.05) is 10.5 Å². The molecule has 0 bridgehead atoms. The minimum absolute atomic E-state index is 0.196. The predicted octanol–water partition coefficient (Wildman–Crippen LogP) is 4.67. The number of rotatable bonds is 8. The van der Waals surface area contributed by atoms with E-state index in [1.54, 1.807) is 43.3 Å². The van der Waals surface area contributed by atoms with Crippen LogP contribution in [0, 0.1) is 6.92 Å². The molecule has 1 amide bonds. The summed E-state index contributed by atoms with van der Waals surface area (Å²) in [7, 11) is 0. The Hall–Kier alpha value is -3.32. The fourth-order valence-corrected chi connectivity index (χ4v) is 3.24. The molecule has 0 saturated heterocycles. The first-order valence-corrected chi connectivity index (χ1v) is 10.4. The lowest BCUT2D eigenvalue weighted by Gasteiger charge is -2.02. The van der Waals surface area contributed by atoms with E-state index >= 15 is 0 Å². The van der Waals surface area contributed by atoms with Crippen LogP contribution >= 0.6 is 11.8 Å². The molecule has 0 unspecified atom stereocenters. The minimum Gasteiger partial charge on any atom is -0.462 e. The Morgan fingerprint density at radius 1 is 1.07 bits per heavy atom. The smallest absolute Gasteiger partial charge is 0.338 e. The fourth-order valence-electron chi connectivity index (χ4n) is 2.55. The van der Waals surface area contributed by atoms with E-state index in [0.29, 0.717) is 23.7 Å². The summed E-state index contributed by atoms with van der Waals surface area (Å²) in [4.78, 5) is 24.7. The number of hydrazone groups is 1. The van der Waals surface area contributed by atoms with E-state index in [-0.39, 0.29) is 17.6 Å². The lowest BCUT2D eigenvalue weighted by Crippen LogP contribution is -2.19. The molecule has 0 spiro atoms. The Morgan fingerprint density at radius 2 is 1.80 bits per heavy atom. The van der Waals surface area contributed by atoms with E-state index in [1.807, 2.05) is 31.2 Å². The highest BCUT2D eigenvalue weighted by molar-refractivity contribution is 8.00. The number of carbonyl (C=O) groups excluding carboxylic acids is 2. The molecule has 1 N–H and O–H groups in total. The number of nitrogens with one attached hydrogen (secondary N) is 1. The number of furan rings is 1. The second kappa shape index (κ2) is 10.5. The lowest BCUT2D eigenvalue weighted by molar-refractivity contribution is -0.118. The summed E-state index contributed by atoms with van der Waals surface area (Å²) in [5.41, 5.74) is 4.98. The zero-order valence-corrected chi connectivity index (χ0v) is 17.6. The molecule has 0 aliphatic heterocycles. The summed E-state index contributed by atoms with van der Waals surface area (Å²) in [6, 6.07) is 18.5. The van der Waals surface area contributed by atoms with Crippen LogP contribution in [0.4, 0.5) is 0 Å². The van der Waals surface area contributed by atoms with Gasteiger partial charge in [0.1, 0.15) is 11.5 Å². The SMILES string of the molecule is CCOC(=O)c1ccc(-c2ccc(C=NNC(=O)CSc3ccc(C)cc3)o2)cc1. The number of ether oxygens (including phenoxy) is 1. The number of nitrogens with zero attached hydrogens (tertiary/aromatic N) is 1. The van der Waals surface area contributed by atoms with Crippen LogP contribution in [0.15, 0.2) is 75.1 Å². The molecule has 154 valence electrons. The summed E-state index contributed by atoms with van der Waals surface area (Å²) in [5.74, 6) is 0.862. The van der Waals surface area contributed by atoms with Crippen molar-refractivity contribution in [2.45, 2.75) is 18.7 Å². The molecule has 1 heterocycles. The van der Waals surface area contributed by atoms with Gasteiger partial charge in [-0.15, -0.1) is 11.8 Å². The Labute approximate surface area is 179 Å². The van der Waals surface area contributed by atoms with Gasteiger partial charge < -0.3 is 9.15 Å². The molecule has 7 heteroatoms. The third-order valence-corrected chi connectivity index (χ3v) is 5.09. The Balaban J connectivity index is 1.51. The van der Waals surface area contributed by atoms with Gasteiger partial charge in [-0.05, 0) is 50.2 Å². The fraction of sp³-hybridized carbons (Fsp3) is 0.174. The predicted molar refractivity (Wildman–Crippen MR) is 118 cm³/mol. The number of aryl methyl sites for hydroxylation is 1. The quantitative estimate of drug-likeness (QED) is 0.247. The van der Waals surface area contributed by atoms with Crippen LogP contribution in [0.1, 0.15) is 28.6 Å². The van der Waals surface area contributed by atoms with Crippen molar-refractivity contribution in [3.63, 3.8) is 0 Å².